The fraction of sp³-hybridized carbons (Fsp3) is 0.0714. The summed E-state index contributed by atoms with van der Waals surface area (Å²) in [5.74, 6) is 0. The van der Waals surface area contributed by atoms with E-state index in [1.54, 1.807) is 48.5 Å². The Morgan fingerprint density at radius 1 is 0.457 bits per heavy atom. The van der Waals surface area contributed by atoms with Crippen LogP contribution < -0.4 is 0 Å². The summed E-state index contributed by atoms with van der Waals surface area (Å²) in [6.45, 7) is 0. The second-order valence-electron chi connectivity index (χ2n) is 7.33. The van der Waals surface area contributed by atoms with Crippen LogP contribution in [0.4, 0.5) is 0 Å². The van der Waals surface area contributed by atoms with Crippen molar-refractivity contribution in [2.75, 3.05) is 0 Å². The van der Waals surface area contributed by atoms with Gasteiger partial charge in [-0.2, -0.15) is 0 Å². The molecule has 0 amide bonds. The maximum absolute atomic E-state index is 10.1. The number of aliphatic hydroxyl groups excluding tert-OH is 2. The maximum atomic E-state index is 10.1. The van der Waals surface area contributed by atoms with Gasteiger partial charge in [-0.3, -0.25) is 0 Å². The van der Waals surface area contributed by atoms with Crippen LogP contribution in [0.1, 0.15) is 34.5 Å². The standard InChI is InChI=1S/2C14H13NO2.Cu/c2*16-14(12-9-5-2-6-10-12)13(15-17)11-7-3-1-4-8-11;/h2*1-10,14,16-17H;/b2*15-13+;. The van der Waals surface area contributed by atoms with E-state index in [2.05, 4.69) is 10.3 Å². The van der Waals surface area contributed by atoms with Gasteiger partial charge in [0.15, 0.2) is 0 Å². The van der Waals surface area contributed by atoms with Crippen molar-refractivity contribution in [1.29, 1.82) is 0 Å². The first-order valence-electron chi connectivity index (χ1n) is 10.7. The molecule has 0 aliphatic carbocycles. The molecule has 0 aliphatic rings. The smallest absolute Gasteiger partial charge is 0.125 e. The first kappa shape index (κ1) is 27.5. The van der Waals surface area contributed by atoms with Gasteiger partial charge in [0.2, 0.25) is 0 Å². The van der Waals surface area contributed by atoms with Crippen LogP contribution in [-0.4, -0.2) is 32.1 Å². The number of hydrogen-bond acceptors (Lipinski definition) is 6. The van der Waals surface area contributed by atoms with E-state index in [1.807, 2.05) is 72.8 Å². The van der Waals surface area contributed by atoms with Gasteiger partial charge in [-0.15, -0.1) is 0 Å². The van der Waals surface area contributed by atoms with Crippen LogP contribution in [0.2, 0.25) is 0 Å². The summed E-state index contributed by atoms with van der Waals surface area (Å²) < 4.78 is 0. The van der Waals surface area contributed by atoms with Gasteiger partial charge >= 0.3 is 0 Å². The zero-order chi connectivity index (χ0) is 24.2. The Bertz CT molecular complexity index is 1090. The molecule has 0 spiro atoms. The average Bonchev–Trinajstić information content (AvgIpc) is 2.92. The van der Waals surface area contributed by atoms with Crippen molar-refractivity contribution in [1.82, 2.24) is 0 Å². The van der Waals surface area contributed by atoms with E-state index < -0.39 is 12.2 Å². The third-order valence-electron chi connectivity index (χ3n) is 5.10. The van der Waals surface area contributed by atoms with E-state index in [-0.39, 0.29) is 28.5 Å². The van der Waals surface area contributed by atoms with Gasteiger partial charge in [0.25, 0.3) is 0 Å². The van der Waals surface area contributed by atoms with Gasteiger partial charge in [-0.25, -0.2) is 0 Å². The van der Waals surface area contributed by atoms with Crippen molar-refractivity contribution in [2.45, 2.75) is 12.2 Å². The van der Waals surface area contributed by atoms with Crippen LogP contribution in [0.3, 0.4) is 0 Å². The van der Waals surface area contributed by atoms with Crippen LogP contribution in [-0.2, 0) is 17.1 Å². The molecule has 0 aliphatic heterocycles. The summed E-state index contributed by atoms with van der Waals surface area (Å²) in [5.41, 5.74) is 3.29. The maximum Gasteiger partial charge on any atom is 0.125 e. The van der Waals surface area contributed by atoms with Gasteiger partial charge in [0.05, 0.1) is 0 Å². The molecule has 0 saturated heterocycles. The summed E-state index contributed by atoms with van der Waals surface area (Å²) in [4.78, 5) is 0. The predicted molar refractivity (Wildman–Crippen MR) is 132 cm³/mol. The molecular formula is C28H26CuN2O4. The second kappa shape index (κ2) is 14.5. The fourth-order valence-electron chi connectivity index (χ4n) is 3.34. The van der Waals surface area contributed by atoms with Crippen LogP contribution in [0.5, 0.6) is 0 Å². The van der Waals surface area contributed by atoms with Crippen molar-refractivity contribution < 1.29 is 37.7 Å². The second-order valence-corrected chi connectivity index (χ2v) is 7.33. The minimum absolute atomic E-state index is 0. The summed E-state index contributed by atoms with van der Waals surface area (Å²) in [6.07, 6.45) is -1.85. The SMILES string of the molecule is O/N=C(\c1ccccc1)C(O)c1ccccc1.O/N=C(\c1ccccc1)C(O)c1ccccc1.[Cu]. The predicted octanol–water partition coefficient (Wildman–Crippen LogP) is 5.19. The Morgan fingerprint density at radius 3 is 0.971 bits per heavy atom. The molecule has 2 atom stereocenters. The quantitative estimate of drug-likeness (QED) is 0.122. The van der Waals surface area contributed by atoms with Crippen LogP contribution >= 0.6 is 0 Å². The van der Waals surface area contributed by atoms with Crippen LogP contribution in [0.15, 0.2) is 132 Å². The summed E-state index contributed by atoms with van der Waals surface area (Å²) >= 11 is 0. The minimum atomic E-state index is -0.927. The molecule has 0 fully saturated rings. The molecule has 35 heavy (non-hydrogen) atoms. The van der Waals surface area contributed by atoms with Crippen molar-refractivity contribution in [2.24, 2.45) is 10.3 Å². The Balaban J connectivity index is 0.000000240. The zero-order valence-corrected chi connectivity index (χ0v) is 19.6. The number of aliphatic hydroxyl groups is 2. The van der Waals surface area contributed by atoms with E-state index in [0.717, 1.165) is 0 Å². The third-order valence-corrected chi connectivity index (χ3v) is 5.10. The van der Waals surface area contributed by atoms with Crippen LogP contribution in [0, 0.1) is 0 Å². The molecule has 0 heterocycles. The van der Waals surface area contributed by atoms with E-state index in [1.165, 1.54) is 0 Å². The molecule has 6 nitrogen and oxygen atoms in total. The number of rotatable bonds is 6. The molecular weight excluding hydrogens is 492 g/mol. The Kier molecular flexibility index (Phi) is 11.4. The first-order valence-corrected chi connectivity index (χ1v) is 10.7. The summed E-state index contributed by atoms with van der Waals surface area (Å²) in [5, 5.41) is 44.8. The molecule has 1 radical (unpaired) electrons. The molecule has 0 saturated carbocycles. The minimum Gasteiger partial charge on any atom is -0.411 e. The van der Waals surface area contributed by atoms with Crippen LogP contribution in [0.25, 0.3) is 0 Å². The van der Waals surface area contributed by atoms with Gasteiger partial charge in [0.1, 0.15) is 23.6 Å². The van der Waals surface area contributed by atoms with Gasteiger partial charge in [-0.1, -0.05) is 132 Å². The molecule has 4 aromatic rings. The fourth-order valence-corrected chi connectivity index (χ4v) is 3.34. The Hall–Kier alpha value is -3.74. The van der Waals surface area contributed by atoms with Gasteiger partial charge < -0.3 is 20.6 Å². The van der Waals surface area contributed by atoms with Crippen molar-refractivity contribution in [3.05, 3.63) is 144 Å². The van der Waals surface area contributed by atoms with Gasteiger partial charge in [0, 0.05) is 28.2 Å². The number of nitrogens with zero attached hydrogens (tertiary/aromatic N) is 2. The zero-order valence-electron chi connectivity index (χ0n) is 18.7. The Morgan fingerprint density at radius 2 is 0.714 bits per heavy atom. The normalized spacial score (nSPS) is 13.0. The molecule has 0 aromatic heterocycles. The van der Waals surface area contributed by atoms with Crippen molar-refractivity contribution in [3.8, 4) is 0 Å². The number of hydrogen-bond donors (Lipinski definition) is 4. The molecule has 183 valence electrons. The molecule has 4 aromatic carbocycles. The van der Waals surface area contributed by atoms with Gasteiger partial charge in [-0.05, 0) is 11.1 Å². The van der Waals surface area contributed by atoms with Crippen molar-refractivity contribution in [3.63, 3.8) is 0 Å². The molecule has 4 rings (SSSR count). The number of benzene rings is 4. The largest absolute Gasteiger partial charge is 0.411 e. The van der Waals surface area contributed by atoms with E-state index in [4.69, 9.17) is 10.4 Å². The van der Waals surface area contributed by atoms with E-state index >= 15 is 0 Å². The van der Waals surface area contributed by atoms with E-state index in [9.17, 15) is 10.2 Å². The molecule has 0 bridgehead atoms. The Labute approximate surface area is 215 Å². The average molecular weight is 518 g/mol. The summed E-state index contributed by atoms with van der Waals surface area (Å²) in [6, 6.07) is 36.5. The first-order chi connectivity index (χ1) is 16.7. The number of oxime groups is 2. The monoisotopic (exact) mass is 517 g/mol. The third kappa shape index (κ3) is 7.63. The van der Waals surface area contributed by atoms with E-state index in [0.29, 0.717) is 22.3 Å². The molecule has 2 unspecified atom stereocenters. The van der Waals surface area contributed by atoms with Crippen molar-refractivity contribution >= 4 is 11.4 Å². The molecule has 4 N–H and O–H groups in total. The molecule has 7 heteroatoms. The summed E-state index contributed by atoms with van der Waals surface area (Å²) in [7, 11) is 0. The topological polar surface area (TPSA) is 106 Å².